The molecule has 158 valence electrons. The molecule has 1 atom stereocenters. The number of rotatable bonds is 5. The van der Waals surface area contributed by atoms with Crippen LogP contribution in [0.5, 0.6) is 5.75 Å². The number of aromatic nitrogens is 3. The first kappa shape index (κ1) is 20.6. The second-order valence-corrected chi connectivity index (χ2v) is 7.69. The molecular weight excluding hydrogens is 412 g/mol. The largest absolute Gasteiger partial charge is 0.482 e. The van der Waals surface area contributed by atoms with Gasteiger partial charge in [0.2, 0.25) is 0 Å². The van der Waals surface area contributed by atoms with Crippen LogP contribution < -0.4 is 15.8 Å². The topological polar surface area (TPSA) is 78.0 Å². The lowest BCUT2D eigenvalue weighted by Crippen LogP contribution is -2.29. The molecule has 1 aliphatic heterocycles. The summed E-state index contributed by atoms with van der Waals surface area (Å²) in [7, 11) is 0. The zero-order valence-corrected chi connectivity index (χ0v) is 17.2. The molecular formula is C21H22ClF2N5O. The molecule has 0 unspecified atom stereocenters. The van der Waals surface area contributed by atoms with Gasteiger partial charge in [0.25, 0.3) is 0 Å². The molecule has 3 aromatic rings. The Morgan fingerprint density at radius 3 is 2.70 bits per heavy atom. The number of hydrogen-bond acceptors (Lipinski definition) is 5. The zero-order valence-electron chi connectivity index (χ0n) is 16.4. The summed E-state index contributed by atoms with van der Waals surface area (Å²) < 4.78 is 35.8. The molecule has 0 radical (unpaired) electrons. The van der Waals surface area contributed by atoms with Gasteiger partial charge in [-0.15, -0.1) is 0 Å². The number of nitrogens with two attached hydrogens (primary N) is 1. The maximum atomic E-state index is 14.2. The Labute approximate surface area is 178 Å². The molecule has 0 spiro atoms. The van der Waals surface area contributed by atoms with Crippen LogP contribution in [0.2, 0.25) is 5.02 Å². The maximum Gasteiger partial charge on any atom is 0.166 e. The van der Waals surface area contributed by atoms with Crippen molar-refractivity contribution in [3.8, 4) is 16.9 Å². The summed E-state index contributed by atoms with van der Waals surface area (Å²) in [6, 6.07) is 4.07. The number of halogens is 3. The summed E-state index contributed by atoms with van der Waals surface area (Å²) in [6.45, 7) is 3.52. The minimum absolute atomic E-state index is 0.0693. The third-order valence-electron chi connectivity index (χ3n) is 5.29. The number of nitrogen functional groups attached to an aromatic ring is 1. The smallest absolute Gasteiger partial charge is 0.166 e. The molecule has 1 saturated heterocycles. The Morgan fingerprint density at radius 2 is 1.93 bits per heavy atom. The number of benzene rings is 1. The Balaban J connectivity index is 1.58. The van der Waals surface area contributed by atoms with Gasteiger partial charge in [-0.25, -0.2) is 13.8 Å². The van der Waals surface area contributed by atoms with E-state index in [0.29, 0.717) is 6.04 Å². The van der Waals surface area contributed by atoms with E-state index in [2.05, 4.69) is 15.4 Å². The molecule has 6 nitrogen and oxygen atoms in total. The molecule has 2 aromatic heterocycles. The molecule has 1 aromatic carbocycles. The van der Waals surface area contributed by atoms with Crippen molar-refractivity contribution in [3.63, 3.8) is 0 Å². The second-order valence-electron chi connectivity index (χ2n) is 7.31. The summed E-state index contributed by atoms with van der Waals surface area (Å²) >= 11 is 5.95. The third-order valence-corrected chi connectivity index (χ3v) is 5.67. The van der Waals surface area contributed by atoms with Crippen LogP contribution in [0, 0.1) is 11.6 Å². The Morgan fingerprint density at radius 1 is 1.20 bits per heavy atom. The van der Waals surface area contributed by atoms with Crippen LogP contribution in [-0.4, -0.2) is 27.9 Å². The van der Waals surface area contributed by atoms with E-state index in [4.69, 9.17) is 22.1 Å². The lowest BCUT2D eigenvalue weighted by molar-refractivity contribution is 0.221. The van der Waals surface area contributed by atoms with Crippen LogP contribution in [0.1, 0.15) is 37.5 Å². The minimum Gasteiger partial charge on any atom is -0.482 e. The van der Waals surface area contributed by atoms with Crippen LogP contribution in [0.3, 0.4) is 0 Å². The van der Waals surface area contributed by atoms with Gasteiger partial charge in [0.1, 0.15) is 17.7 Å². The first-order valence-electron chi connectivity index (χ1n) is 9.75. The van der Waals surface area contributed by atoms with Gasteiger partial charge in [-0.1, -0.05) is 11.6 Å². The SMILES string of the molecule is C[C@@H](Oc1cc(-c2cnn(C3CCNCC3)c2)cnc1N)c1c(F)ccc(F)c1Cl. The van der Waals surface area contributed by atoms with Crippen molar-refractivity contribution in [2.45, 2.75) is 31.9 Å². The molecule has 0 amide bonds. The highest BCUT2D eigenvalue weighted by molar-refractivity contribution is 6.31. The fourth-order valence-electron chi connectivity index (χ4n) is 3.63. The van der Waals surface area contributed by atoms with Gasteiger partial charge in [-0.3, -0.25) is 4.68 Å². The summed E-state index contributed by atoms with van der Waals surface area (Å²) in [5.74, 6) is -0.966. The summed E-state index contributed by atoms with van der Waals surface area (Å²) in [5, 5.41) is 7.52. The summed E-state index contributed by atoms with van der Waals surface area (Å²) in [4.78, 5) is 4.19. The number of nitrogens with one attached hydrogen (secondary N) is 1. The average molecular weight is 434 g/mol. The molecule has 9 heteroatoms. The molecule has 0 bridgehead atoms. The number of piperidine rings is 1. The fraction of sp³-hybridized carbons (Fsp3) is 0.333. The number of pyridine rings is 1. The number of anilines is 1. The molecule has 0 saturated carbocycles. The molecule has 1 fully saturated rings. The standard InChI is InChI=1S/C21H22ClF2N5O/c1-12(19-16(23)2-3-17(24)20(19)22)30-18-8-13(9-27-21(18)25)14-10-28-29(11-14)15-4-6-26-7-5-15/h2-3,8-12,15,26H,4-7H2,1H3,(H2,25,27)/t12-/m1/s1. The lowest BCUT2D eigenvalue weighted by Gasteiger charge is -2.22. The molecule has 30 heavy (non-hydrogen) atoms. The van der Waals surface area contributed by atoms with Crippen molar-refractivity contribution in [1.29, 1.82) is 0 Å². The second kappa shape index (κ2) is 8.57. The van der Waals surface area contributed by atoms with Gasteiger partial charge in [0.05, 0.1) is 17.3 Å². The molecule has 3 N–H and O–H groups in total. The van der Waals surface area contributed by atoms with Gasteiger partial charge >= 0.3 is 0 Å². The highest BCUT2D eigenvalue weighted by Gasteiger charge is 2.21. The van der Waals surface area contributed by atoms with E-state index in [-0.39, 0.29) is 22.2 Å². The number of ether oxygens (including phenoxy) is 1. The van der Waals surface area contributed by atoms with Crippen LogP contribution in [-0.2, 0) is 0 Å². The molecule has 1 aliphatic rings. The van der Waals surface area contributed by atoms with Gasteiger partial charge in [-0.2, -0.15) is 5.10 Å². The number of hydrogen-bond donors (Lipinski definition) is 2. The number of nitrogens with zero attached hydrogens (tertiary/aromatic N) is 3. The summed E-state index contributed by atoms with van der Waals surface area (Å²) in [5.41, 5.74) is 7.52. The average Bonchev–Trinajstić information content (AvgIpc) is 3.24. The van der Waals surface area contributed by atoms with Crippen LogP contribution in [0.4, 0.5) is 14.6 Å². The van der Waals surface area contributed by atoms with Gasteiger partial charge in [-0.05, 0) is 51.1 Å². The monoisotopic (exact) mass is 433 g/mol. The Hall–Kier alpha value is -2.71. The van der Waals surface area contributed by atoms with E-state index >= 15 is 0 Å². The predicted octanol–water partition coefficient (Wildman–Crippen LogP) is 4.52. The van der Waals surface area contributed by atoms with E-state index in [9.17, 15) is 8.78 Å². The lowest BCUT2D eigenvalue weighted by atomic mass is 10.1. The van der Waals surface area contributed by atoms with E-state index in [1.54, 1.807) is 25.4 Å². The van der Waals surface area contributed by atoms with Crippen LogP contribution in [0.15, 0.2) is 36.8 Å². The van der Waals surface area contributed by atoms with Crippen LogP contribution in [0.25, 0.3) is 11.1 Å². The Bertz CT molecular complexity index is 1050. The van der Waals surface area contributed by atoms with E-state index in [1.807, 2.05) is 10.9 Å². The predicted molar refractivity (Wildman–Crippen MR) is 111 cm³/mol. The third kappa shape index (κ3) is 4.11. The molecule has 0 aliphatic carbocycles. The quantitative estimate of drug-likeness (QED) is 0.578. The first-order valence-corrected chi connectivity index (χ1v) is 10.1. The fourth-order valence-corrected chi connectivity index (χ4v) is 3.94. The highest BCUT2D eigenvalue weighted by atomic mass is 35.5. The van der Waals surface area contributed by atoms with Crippen molar-refractivity contribution >= 4 is 17.4 Å². The Kier molecular flexibility index (Phi) is 5.87. The van der Waals surface area contributed by atoms with Gasteiger partial charge in [0, 0.05) is 29.1 Å². The summed E-state index contributed by atoms with van der Waals surface area (Å²) in [6.07, 6.45) is 6.54. The van der Waals surface area contributed by atoms with Crippen molar-refractivity contribution in [2.75, 3.05) is 18.8 Å². The van der Waals surface area contributed by atoms with Crippen molar-refractivity contribution in [1.82, 2.24) is 20.1 Å². The molecule has 3 heterocycles. The van der Waals surface area contributed by atoms with E-state index in [0.717, 1.165) is 49.2 Å². The van der Waals surface area contributed by atoms with Crippen LogP contribution >= 0.6 is 11.6 Å². The van der Waals surface area contributed by atoms with Crippen molar-refractivity contribution in [2.24, 2.45) is 0 Å². The normalized spacial score (nSPS) is 15.9. The van der Waals surface area contributed by atoms with Crippen molar-refractivity contribution in [3.05, 3.63) is 59.0 Å². The van der Waals surface area contributed by atoms with Gasteiger partial charge in [0.15, 0.2) is 11.6 Å². The van der Waals surface area contributed by atoms with Crippen molar-refractivity contribution < 1.29 is 13.5 Å². The van der Waals surface area contributed by atoms with Gasteiger partial charge < -0.3 is 15.8 Å². The first-order chi connectivity index (χ1) is 14.4. The van der Waals surface area contributed by atoms with E-state index in [1.165, 1.54) is 0 Å². The minimum atomic E-state index is -0.870. The van der Waals surface area contributed by atoms with E-state index < -0.39 is 17.7 Å². The maximum absolute atomic E-state index is 14.2. The zero-order chi connectivity index (χ0) is 21.3. The molecule has 4 rings (SSSR count). The highest BCUT2D eigenvalue weighted by Crippen LogP contribution is 2.35.